The van der Waals surface area contributed by atoms with Crippen LogP contribution in [0.5, 0.6) is 0 Å². The van der Waals surface area contributed by atoms with Gasteiger partial charge in [-0.1, -0.05) is 38.1 Å². The maximum Gasteiger partial charge on any atom is 0.239 e. The van der Waals surface area contributed by atoms with Crippen molar-refractivity contribution in [1.82, 2.24) is 15.3 Å². The molecule has 0 saturated heterocycles. The smallest absolute Gasteiger partial charge is 0.239 e. The van der Waals surface area contributed by atoms with Crippen LogP contribution in [-0.4, -0.2) is 40.8 Å². The molecule has 2 atom stereocenters. The van der Waals surface area contributed by atoms with E-state index in [0.29, 0.717) is 19.4 Å². The Balaban J connectivity index is 1.49. The minimum atomic E-state index is -0.131. The molecule has 1 amide bonds. The molecule has 3 N–H and O–H groups in total. The lowest BCUT2D eigenvalue weighted by Crippen LogP contribution is -2.50. The summed E-state index contributed by atoms with van der Waals surface area (Å²) in [5, 5.41) is 6.71. The quantitative estimate of drug-likeness (QED) is 0.542. The number of aromatic amines is 1. The van der Waals surface area contributed by atoms with Crippen molar-refractivity contribution in [3.8, 4) is 0 Å². The van der Waals surface area contributed by atoms with Gasteiger partial charge in [-0.25, -0.2) is 4.98 Å². The molecule has 7 heteroatoms. The Kier molecular flexibility index (Phi) is 6.50. The molecule has 0 radical (unpaired) electrons. The average Bonchev–Trinajstić information content (AvgIpc) is 3.30. The second kappa shape index (κ2) is 9.72. The van der Waals surface area contributed by atoms with E-state index in [1.54, 1.807) is 12.5 Å². The number of hydrogen-bond donors (Lipinski definition) is 3. The van der Waals surface area contributed by atoms with E-state index >= 15 is 0 Å². The number of benzene rings is 1. The fourth-order valence-corrected chi connectivity index (χ4v) is 5.83. The Labute approximate surface area is 207 Å². The van der Waals surface area contributed by atoms with Crippen molar-refractivity contribution < 1.29 is 9.59 Å². The van der Waals surface area contributed by atoms with Gasteiger partial charge < -0.3 is 20.5 Å². The minimum Gasteiger partial charge on any atom is -0.357 e. The van der Waals surface area contributed by atoms with Crippen LogP contribution in [0.3, 0.4) is 0 Å². The number of hydrogen-bond acceptors (Lipinski definition) is 5. The molecule has 7 nitrogen and oxygen atoms in total. The molecular formula is C28H35N5O2. The van der Waals surface area contributed by atoms with Crippen molar-refractivity contribution in [2.45, 2.75) is 58.4 Å². The van der Waals surface area contributed by atoms with E-state index in [-0.39, 0.29) is 35.6 Å². The summed E-state index contributed by atoms with van der Waals surface area (Å²) >= 11 is 0. The minimum absolute atomic E-state index is 0.0386. The summed E-state index contributed by atoms with van der Waals surface area (Å²) in [6, 6.07) is 8.01. The highest BCUT2D eigenvalue weighted by molar-refractivity contribution is 6.01. The summed E-state index contributed by atoms with van der Waals surface area (Å²) in [5.41, 5.74) is 4.76. The lowest BCUT2D eigenvalue weighted by molar-refractivity contribution is -0.120. The summed E-state index contributed by atoms with van der Waals surface area (Å²) in [4.78, 5) is 36.2. The maximum atomic E-state index is 13.7. The first-order valence-corrected chi connectivity index (χ1v) is 12.7. The van der Waals surface area contributed by atoms with Gasteiger partial charge in [-0.15, -0.1) is 0 Å². The predicted molar refractivity (Wildman–Crippen MR) is 138 cm³/mol. The lowest BCUT2D eigenvalue weighted by Gasteiger charge is -2.41. The molecule has 5 rings (SSSR count). The summed E-state index contributed by atoms with van der Waals surface area (Å²) in [6.45, 7) is 5.07. The molecule has 2 aliphatic carbocycles. The third kappa shape index (κ3) is 5.04. The van der Waals surface area contributed by atoms with E-state index in [4.69, 9.17) is 0 Å². The van der Waals surface area contributed by atoms with E-state index < -0.39 is 0 Å². The molecule has 1 aromatic carbocycles. The highest BCUT2D eigenvalue weighted by Gasteiger charge is 2.43. The van der Waals surface area contributed by atoms with Crippen molar-refractivity contribution in [2.24, 2.45) is 11.3 Å². The summed E-state index contributed by atoms with van der Waals surface area (Å²) in [6.07, 6.45) is 12.9. The number of nitrogens with one attached hydrogen (secondary N) is 3. The Bertz CT molecular complexity index is 1150. The number of fused-ring (bicyclic) bond motifs is 1. The molecule has 0 fully saturated rings. The number of allylic oxidation sites excluding steroid dienone is 3. The predicted octanol–water partition coefficient (Wildman–Crippen LogP) is 4.37. The largest absolute Gasteiger partial charge is 0.357 e. The first-order valence-electron chi connectivity index (χ1n) is 12.7. The van der Waals surface area contributed by atoms with E-state index in [1.807, 2.05) is 12.1 Å². The summed E-state index contributed by atoms with van der Waals surface area (Å²) in [7, 11) is 0. The molecule has 2 aromatic rings. The van der Waals surface area contributed by atoms with Gasteiger partial charge in [-0.2, -0.15) is 0 Å². The SMILES string of the molecule is CC1(C)CC(=O)C2=C(C1)Nc1ccccc1N(CC(=O)NCCc1cnc[nH]1)[C@H]2[C@H]1CC=CCC1. The van der Waals surface area contributed by atoms with Gasteiger partial charge in [0, 0.05) is 42.5 Å². The number of ketones is 1. The lowest BCUT2D eigenvalue weighted by atomic mass is 9.71. The molecular weight excluding hydrogens is 438 g/mol. The van der Waals surface area contributed by atoms with E-state index in [1.165, 1.54) is 0 Å². The van der Waals surface area contributed by atoms with Crippen LogP contribution in [0.4, 0.5) is 11.4 Å². The van der Waals surface area contributed by atoms with Crippen molar-refractivity contribution in [3.05, 3.63) is 65.9 Å². The average molecular weight is 474 g/mol. The summed E-state index contributed by atoms with van der Waals surface area (Å²) in [5.74, 6) is 0.449. The van der Waals surface area contributed by atoms with Crippen molar-refractivity contribution in [3.63, 3.8) is 0 Å². The van der Waals surface area contributed by atoms with Crippen LogP contribution in [0, 0.1) is 11.3 Å². The number of rotatable bonds is 6. The number of H-pyrrole nitrogens is 1. The fourth-order valence-electron chi connectivity index (χ4n) is 5.83. The second-order valence-corrected chi connectivity index (χ2v) is 10.8. The van der Waals surface area contributed by atoms with Crippen LogP contribution in [0.25, 0.3) is 0 Å². The van der Waals surface area contributed by atoms with Crippen molar-refractivity contribution in [2.75, 3.05) is 23.3 Å². The standard InChI is InChI=1S/C28H35N5O2/c1-28(2)14-22-26(24(34)15-28)27(19-8-4-3-5-9-19)33(23-11-7-6-10-21(23)32-22)17-25(35)30-13-12-20-16-29-18-31-20/h3-4,6-7,10-11,16,18-19,27,32H,5,8-9,12-15,17H2,1-2H3,(H,29,31)(H,30,35)/t19-,27-/m0/s1. The zero-order valence-electron chi connectivity index (χ0n) is 20.6. The van der Waals surface area contributed by atoms with E-state index in [9.17, 15) is 9.59 Å². The Hall–Kier alpha value is -3.35. The van der Waals surface area contributed by atoms with Gasteiger partial charge in [-0.3, -0.25) is 9.59 Å². The maximum absolute atomic E-state index is 13.7. The van der Waals surface area contributed by atoms with Crippen LogP contribution in [0.2, 0.25) is 0 Å². The second-order valence-electron chi connectivity index (χ2n) is 10.8. The van der Waals surface area contributed by atoms with Crippen LogP contribution in [0.1, 0.15) is 51.6 Å². The zero-order valence-corrected chi connectivity index (χ0v) is 20.6. The molecule has 3 aliphatic rings. The Morgan fingerprint density at radius 1 is 1.23 bits per heavy atom. The Morgan fingerprint density at radius 3 is 2.86 bits per heavy atom. The molecule has 1 aromatic heterocycles. The van der Waals surface area contributed by atoms with E-state index in [0.717, 1.165) is 54.0 Å². The van der Waals surface area contributed by atoms with Crippen molar-refractivity contribution in [1.29, 1.82) is 0 Å². The van der Waals surface area contributed by atoms with Gasteiger partial charge in [0.05, 0.1) is 30.3 Å². The van der Waals surface area contributed by atoms with Gasteiger partial charge in [0.25, 0.3) is 0 Å². The number of anilines is 2. The van der Waals surface area contributed by atoms with Gasteiger partial charge in [-0.05, 0) is 49.1 Å². The molecule has 1 aliphatic heterocycles. The van der Waals surface area contributed by atoms with Gasteiger partial charge in [0.2, 0.25) is 5.91 Å². The number of carbonyl (C=O) groups is 2. The normalized spacial score (nSPS) is 23.3. The number of carbonyl (C=O) groups excluding carboxylic acids is 2. The molecule has 35 heavy (non-hydrogen) atoms. The first kappa shape index (κ1) is 23.4. The van der Waals surface area contributed by atoms with Gasteiger partial charge >= 0.3 is 0 Å². The molecule has 0 saturated carbocycles. The summed E-state index contributed by atoms with van der Waals surface area (Å²) < 4.78 is 0. The number of imidazole rings is 1. The molecule has 0 bridgehead atoms. The monoisotopic (exact) mass is 473 g/mol. The zero-order chi connectivity index (χ0) is 24.4. The number of para-hydroxylation sites is 2. The van der Waals surface area contributed by atoms with Crippen LogP contribution in [-0.2, 0) is 16.0 Å². The highest BCUT2D eigenvalue weighted by atomic mass is 16.2. The topological polar surface area (TPSA) is 90.1 Å². The number of aromatic nitrogens is 2. The highest BCUT2D eigenvalue weighted by Crippen LogP contribution is 2.46. The van der Waals surface area contributed by atoms with Crippen LogP contribution >= 0.6 is 0 Å². The third-order valence-electron chi connectivity index (χ3n) is 7.39. The molecule has 2 heterocycles. The van der Waals surface area contributed by atoms with E-state index in [2.05, 4.69) is 63.6 Å². The van der Waals surface area contributed by atoms with Crippen molar-refractivity contribution >= 4 is 23.1 Å². The molecule has 184 valence electrons. The number of amides is 1. The number of Topliss-reactive ketones (excluding diaryl/α,β-unsaturated/α-hetero) is 1. The third-order valence-corrected chi connectivity index (χ3v) is 7.39. The fraction of sp³-hybridized carbons (Fsp3) is 0.464. The Morgan fingerprint density at radius 2 is 2.09 bits per heavy atom. The number of nitrogens with zero attached hydrogens (tertiary/aromatic N) is 2. The van der Waals surface area contributed by atoms with Gasteiger partial charge in [0.15, 0.2) is 5.78 Å². The van der Waals surface area contributed by atoms with Gasteiger partial charge in [0.1, 0.15) is 0 Å². The van der Waals surface area contributed by atoms with Crippen LogP contribution < -0.4 is 15.5 Å². The molecule has 0 unspecified atom stereocenters. The first-order chi connectivity index (χ1) is 16.9. The molecule has 0 spiro atoms. The van der Waals surface area contributed by atoms with Crippen LogP contribution in [0.15, 0.2) is 60.2 Å².